The molecule has 2 heterocycles. The second-order valence-electron chi connectivity index (χ2n) is 8.42. The van der Waals surface area contributed by atoms with Crippen molar-refractivity contribution in [3.05, 3.63) is 82.1 Å². The average molecular weight is 441 g/mol. The number of hydrogen-bond donors (Lipinski definition) is 1. The molecule has 3 aliphatic rings. The van der Waals surface area contributed by atoms with E-state index in [0.29, 0.717) is 22.8 Å². The first-order valence-electron chi connectivity index (χ1n) is 10.8. The number of fused-ring (bicyclic) bond motifs is 4. The molecule has 6 rings (SSSR count). The van der Waals surface area contributed by atoms with Gasteiger partial charge in [-0.1, -0.05) is 24.3 Å². The molecule has 1 unspecified atom stereocenters. The molecule has 0 fully saturated rings. The summed E-state index contributed by atoms with van der Waals surface area (Å²) in [5.41, 5.74) is 9.38. The summed E-state index contributed by atoms with van der Waals surface area (Å²) >= 11 is 0. The molecule has 1 N–H and O–H groups in total. The van der Waals surface area contributed by atoms with Crippen molar-refractivity contribution in [1.29, 1.82) is 0 Å². The van der Waals surface area contributed by atoms with Crippen molar-refractivity contribution in [2.45, 2.75) is 12.3 Å². The fourth-order valence-corrected chi connectivity index (χ4v) is 5.29. The molecule has 3 aromatic rings. The van der Waals surface area contributed by atoms with Crippen molar-refractivity contribution in [1.82, 2.24) is 0 Å². The first kappa shape index (κ1) is 19.7. The molecule has 166 valence electrons. The smallest absolute Gasteiger partial charge is 0.337 e. The Hall–Kier alpha value is -3.93. The second-order valence-corrected chi connectivity index (χ2v) is 8.42. The lowest BCUT2D eigenvalue weighted by atomic mass is 9.79. The largest absolute Gasteiger partial charge is 0.493 e. The van der Waals surface area contributed by atoms with E-state index in [9.17, 15) is 4.79 Å². The van der Waals surface area contributed by atoms with E-state index in [1.807, 2.05) is 12.1 Å². The van der Waals surface area contributed by atoms with Crippen LogP contribution in [0.15, 0.2) is 59.8 Å². The van der Waals surface area contributed by atoms with Crippen LogP contribution in [0.4, 0.5) is 5.69 Å². The predicted molar refractivity (Wildman–Crippen MR) is 124 cm³/mol. The fourth-order valence-electron chi connectivity index (χ4n) is 5.29. The zero-order valence-electron chi connectivity index (χ0n) is 18.7. The van der Waals surface area contributed by atoms with E-state index >= 15 is 0 Å². The molecule has 1 aliphatic carbocycles. The third-order valence-electron chi connectivity index (χ3n) is 6.76. The predicted octanol–water partition coefficient (Wildman–Crippen LogP) is 4.65. The van der Waals surface area contributed by atoms with E-state index in [1.165, 1.54) is 22.3 Å². The Kier molecular flexibility index (Phi) is 4.37. The zero-order chi connectivity index (χ0) is 22.7. The minimum absolute atomic E-state index is 0.242. The molecule has 0 saturated carbocycles. The van der Waals surface area contributed by atoms with Crippen LogP contribution in [0.2, 0.25) is 0 Å². The molecule has 33 heavy (non-hydrogen) atoms. The van der Waals surface area contributed by atoms with Gasteiger partial charge >= 0.3 is 5.97 Å². The number of benzene rings is 3. The normalized spacial score (nSPS) is 17.4. The first-order chi connectivity index (χ1) is 16.1. The monoisotopic (exact) mass is 441 g/mol. The molecule has 6 heteroatoms. The van der Waals surface area contributed by atoms with Crippen LogP contribution in [0.3, 0.4) is 0 Å². The van der Waals surface area contributed by atoms with Gasteiger partial charge < -0.3 is 24.3 Å². The molecule has 0 amide bonds. The van der Waals surface area contributed by atoms with Gasteiger partial charge in [-0.3, -0.25) is 0 Å². The van der Waals surface area contributed by atoms with E-state index in [1.54, 1.807) is 21.3 Å². The molecule has 0 radical (unpaired) electrons. The van der Waals surface area contributed by atoms with Crippen LogP contribution in [0.5, 0.6) is 17.2 Å². The van der Waals surface area contributed by atoms with E-state index in [4.69, 9.17) is 18.9 Å². The molecule has 2 aliphatic heterocycles. The van der Waals surface area contributed by atoms with Crippen molar-refractivity contribution in [3.8, 4) is 28.4 Å². The number of carbonyl (C=O) groups is 1. The summed E-state index contributed by atoms with van der Waals surface area (Å²) in [5, 5.41) is 3.47. The Morgan fingerprint density at radius 3 is 2.39 bits per heavy atom. The number of hydrogen-bond acceptors (Lipinski definition) is 6. The van der Waals surface area contributed by atoms with Crippen LogP contribution >= 0.6 is 0 Å². The second kappa shape index (κ2) is 7.30. The van der Waals surface area contributed by atoms with E-state index < -0.39 is 0 Å². The number of carbonyl (C=O) groups excluding carboxylic acids is 1. The highest BCUT2D eigenvalue weighted by molar-refractivity contribution is 5.98. The van der Waals surface area contributed by atoms with E-state index in [0.717, 1.165) is 28.9 Å². The molecular formula is C27H23NO5. The van der Waals surface area contributed by atoms with Gasteiger partial charge in [-0.05, 0) is 64.1 Å². The number of cyclic esters (lactones) is 1. The maximum absolute atomic E-state index is 12.9. The third-order valence-corrected chi connectivity index (χ3v) is 6.76. The molecule has 0 aromatic heterocycles. The molecule has 3 aromatic carbocycles. The number of nitrogens with one attached hydrogen (secondary N) is 1. The number of ether oxygens (including phenoxy) is 4. The van der Waals surface area contributed by atoms with Crippen molar-refractivity contribution >= 4 is 11.7 Å². The summed E-state index contributed by atoms with van der Waals surface area (Å²) in [4.78, 5) is 12.9. The Morgan fingerprint density at radius 1 is 0.909 bits per heavy atom. The lowest BCUT2D eigenvalue weighted by Gasteiger charge is -2.29. The molecule has 6 nitrogen and oxygen atoms in total. The summed E-state index contributed by atoms with van der Waals surface area (Å²) < 4.78 is 22.2. The van der Waals surface area contributed by atoms with Crippen LogP contribution in [0.1, 0.15) is 28.2 Å². The summed E-state index contributed by atoms with van der Waals surface area (Å²) in [6.07, 6.45) is 0.899. The summed E-state index contributed by atoms with van der Waals surface area (Å²) in [6.45, 7) is 0.242. The summed E-state index contributed by atoms with van der Waals surface area (Å²) in [7, 11) is 4.77. The SMILES string of the molecule is COc1cc(C2C3=C(COC3=O)Nc3cc4c(cc32)-c2ccccc2C4)cc(OC)c1OC. The molecular weight excluding hydrogens is 418 g/mol. The molecule has 1 atom stereocenters. The number of rotatable bonds is 4. The van der Waals surface area contributed by atoms with E-state index in [2.05, 4.69) is 41.7 Å². The quantitative estimate of drug-likeness (QED) is 0.465. The molecule has 0 bridgehead atoms. The number of methoxy groups -OCH3 is 3. The fraction of sp³-hybridized carbons (Fsp3) is 0.222. The van der Waals surface area contributed by atoms with Crippen LogP contribution in [0, 0.1) is 0 Å². The highest BCUT2D eigenvalue weighted by atomic mass is 16.5. The van der Waals surface area contributed by atoms with Gasteiger partial charge in [0, 0.05) is 11.6 Å². The topological polar surface area (TPSA) is 66.0 Å². The van der Waals surface area contributed by atoms with Crippen LogP contribution in [0.25, 0.3) is 11.1 Å². The minimum atomic E-state index is -0.321. The van der Waals surface area contributed by atoms with Crippen molar-refractivity contribution in [2.75, 3.05) is 33.3 Å². The molecule has 0 spiro atoms. The highest BCUT2D eigenvalue weighted by Crippen LogP contribution is 2.51. The standard InChI is InChI=1S/C27H23NO5/c1-30-22-10-16(11-23(31-2)26(22)32-3)24-19-12-18-15(8-14-6-4-5-7-17(14)18)9-20(19)28-21-13-33-27(29)25(21)24/h4-7,9-12,24,28H,8,13H2,1-3H3. The van der Waals surface area contributed by atoms with Gasteiger partial charge in [0.15, 0.2) is 11.5 Å². The van der Waals surface area contributed by atoms with E-state index in [-0.39, 0.29) is 18.5 Å². The number of anilines is 1. The Labute approximate surface area is 191 Å². The highest BCUT2D eigenvalue weighted by Gasteiger charge is 2.40. The van der Waals surface area contributed by atoms with Gasteiger partial charge in [0.05, 0.1) is 32.6 Å². The van der Waals surface area contributed by atoms with Gasteiger partial charge in [0.1, 0.15) is 6.61 Å². The van der Waals surface area contributed by atoms with Crippen molar-refractivity contribution < 1.29 is 23.7 Å². The Morgan fingerprint density at radius 2 is 1.67 bits per heavy atom. The van der Waals surface area contributed by atoms with Crippen LogP contribution in [-0.2, 0) is 16.0 Å². The number of esters is 1. The third kappa shape index (κ3) is 2.83. The van der Waals surface area contributed by atoms with Gasteiger partial charge in [0.25, 0.3) is 0 Å². The van der Waals surface area contributed by atoms with Gasteiger partial charge in [-0.15, -0.1) is 0 Å². The van der Waals surface area contributed by atoms with Crippen LogP contribution in [-0.4, -0.2) is 33.9 Å². The zero-order valence-corrected chi connectivity index (χ0v) is 18.7. The first-order valence-corrected chi connectivity index (χ1v) is 10.8. The van der Waals surface area contributed by atoms with Gasteiger partial charge in [0.2, 0.25) is 5.75 Å². The van der Waals surface area contributed by atoms with Crippen LogP contribution < -0.4 is 19.5 Å². The maximum Gasteiger partial charge on any atom is 0.337 e. The summed E-state index contributed by atoms with van der Waals surface area (Å²) in [5.74, 6) is 0.990. The lowest BCUT2D eigenvalue weighted by Crippen LogP contribution is -2.20. The summed E-state index contributed by atoms with van der Waals surface area (Å²) in [6, 6.07) is 16.7. The maximum atomic E-state index is 12.9. The van der Waals surface area contributed by atoms with Crippen molar-refractivity contribution in [3.63, 3.8) is 0 Å². The average Bonchev–Trinajstić information content (AvgIpc) is 3.39. The lowest BCUT2D eigenvalue weighted by molar-refractivity contribution is -0.136. The van der Waals surface area contributed by atoms with Gasteiger partial charge in [-0.25, -0.2) is 4.79 Å². The molecule has 0 saturated heterocycles. The van der Waals surface area contributed by atoms with Gasteiger partial charge in [-0.2, -0.15) is 0 Å². The minimum Gasteiger partial charge on any atom is -0.493 e. The Bertz CT molecular complexity index is 1330. The Balaban J connectivity index is 1.59. The van der Waals surface area contributed by atoms with Crippen molar-refractivity contribution in [2.24, 2.45) is 0 Å².